The van der Waals surface area contributed by atoms with Gasteiger partial charge in [-0.25, -0.2) is 0 Å². The van der Waals surface area contributed by atoms with E-state index >= 15 is 0 Å². The maximum absolute atomic E-state index is 12.2. The van der Waals surface area contributed by atoms with Gasteiger partial charge in [0, 0.05) is 12.5 Å². The van der Waals surface area contributed by atoms with Crippen molar-refractivity contribution >= 4 is 5.97 Å². The molecule has 0 aliphatic heterocycles. The van der Waals surface area contributed by atoms with Crippen LogP contribution >= 0.6 is 0 Å². The summed E-state index contributed by atoms with van der Waals surface area (Å²) < 4.78 is 5.60. The van der Waals surface area contributed by atoms with Crippen molar-refractivity contribution in [1.29, 1.82) is 0 Å². The molecular weight excluding hydrogens is 334 g/mol. The average Bonchev–Trinajstić information content (AvgIpc) is 3.02. The molecule has 0 bridgehead atoms. The van der Waals surface area contributed by atoms with E-state index in [1.807, 2.05) is 12.1 Å². The molecule has 1 N–H and O–H groups in total. The number of esters is 1. The van der Waals surface area contributed by atoms with Crippen molar-refractivity contribution in [3.8, 4) is 11.1 Å². The van der Waals surface area contributed by atoms with E-state index < -0.39 is 0 Å². The third-order valence-electron chi connectivity index (χ3n) is 5.09. The van der Waals surface area contributed by atoms with Crippen molar-refractivity contribution in [1.82, 2.24) is 5.32 Å². The molecule has 0 radical (unpaired) electrons. The number of nitrogens with one attached hydrogen (secondary N) is 1. The van der Waals surface area contributed by atoms with Crippen LogP contribution in [0.15, 0.2) is 72.8 Å². The molecule has 27 heavy (non-hydrogen) atoms. The van der Waals surface area contributed by atoms with Crippen molar-refractivity contribution in [3.63, 3.8) is 0 Å². The molecule has 1 aliphatic carbocycles. The van der Waals surface area contributed by atoms with Crippen LogP contribution in [0.3, 0.4) is 0 Å². The molecule has 0 atom stereocenters. The van der Waals surface area contributed by atoms with Gasteiger partial charge in [-0.3, -0.25) is 4.79 Å². The predicted octanol–water partition coefficient (Wildman–Crippen LogP) is 4.44. The first-order valence-corrected chi connectivity index (χ1v) is 9.32. The Morgan fingerprint density at radius 3 is 2.11 bits per heavy atom. The smallest absolute Gasteiger partial charge is 0.319 e. The van der Waals surface area contributed by atoms with Gasteiger partial charge in [0.15, 0.2) is 0 Å². The third-order valence-corrected chi connectivity index (χ3v) is 5.09. The molecule has 0 aromatic heterocycles. The fourth-order valence-corrected chi connectivity index (χ4v) is 3.68. The maximum Gasteiger partial charge on any atom is 0.319 e. The van der Waals surface area contributed by atoms with Gasteiger partial charge >= 0.3 is 5.97 Å². The first-order valence-electron chi connectivity index (χ1n) is 9.32. The summed E-state index contributed by atoms with van der Waals surface area (Å²) in [5.74, 6) is -0.109. The van der Waals surface area contributed by atoms with E-state index in [1.54, 1.807) is 0 Å². The fourth-order valence-electron chi connectivity index (χ4n) is 3.68. The van der Waals surface area contributed by atoms with Gasteiger partial charge in [0.05, 0.1) is 6.54 Å². The molecular formula is C24H23NO2. The summed E-state index contributed by atoms with van der Waals surface area (Å²) in [6.07, 6.45) is 0. The predicted molar refractivity (Wildman–Crippen MR) is 108 cm³/mol. The molecule has 0 amide bonds. The van der Waals surface area contributed by atoms with Gasteiger partial charge in [0.2, 0.25) is 0 Å². The molecule has 0 saturated heterocycles. The van der Waals surface area contributed by atoms with E-state index in [4.69, 9.17) is 4.74 Å². The topological polar surface area (TPSA) is 38.3 Å². The fraction of sp³-hybridized carbons (Fsp3) is 0.208. The molecule has 136 valence electrons. The second-order valence-corrected chi connectivity index (χ2v) is 7.00. The Morgan fingerprint density at radius 1 is 0.889 bits per heavy atom. The number of hydrogen-bond donors (Lipinski definition) is 1. The minimum absolute atomic E-state index is 0.110. The zero-order chi connectivity index (χ0) is 18.6. The van der Waals surface area contributed by atoms with E-state index in [2.05, 4.69) is 72.9 Å². The van der Waals surface area contributed by atoms with Crippen LogP contribution < -0.4 is 5.32 Å². The molecule has 3 aromatic rings. The van der Waals surface area contributed by atoms with Gasteiger partial charge in [-0.05, 0) is 34.7 Å². The lowest BCUT2D eigenvalue weighted by atomic mass is 9.98. The summed E-state index contributed by atoms with van der Waals surface area (Å²) in [5, 5.41) is 3.16. The first-order chi connectivity index (χ1) is 13.2. The van der Waals surface area contributed by atoms with Gasteiger partial charge in [-0.2, -0.15) is 0 Å². The van der Waals surface area contributed by atoms with E-state index in [0.29, 0.717) is 13.2 Å². The zero-order valence-corrected chi connectivity index (χ0v) is 15.4. The molecule has 4 rings (SSSR count). The zero-order valence-electron chi connectivity index (χ0n) is 15.4. The Labute approximate surface area is 160 Å². The SMILES string of the molecule is Cc1ccc(CNCC(=O)OCC2c3ccccc3-c3ccccc32)cc1. The largest absolute Gasteiger partial charge is 0.464 e. The molecule has 3 nitrogen and oxygen atoms in total. The number of benzene rings is 3. The maximum atomic E-state index is 12.2. The normalized spacial score (nSPS) is 12.5. The number of hydrogen-bond acceptors (Lipinski definition) is 3. The van der Waals surface area contributed by atoms with Crippen molar-refractivity contribution in [2.45, 2.75) is 19.4 Å². The average molecular weight is 357 g/mol. The quantitative estimate of drug-likeness (QED) is 0.663. The summed E-state index contributed by atoms with van der Waals surface area (Å²) in [6.45, 7) is 3.31. The number of fused-ring (bicyclic) bond motifs is 3. The number of aryl methyl sites for hydroxylation is 1. The van der Waals surface area contributed by atoms with Gasteiger partial charge in [-0.15, -0.1) is 0 Å². The highest BCUT2D eigenvalue weighted by molar-refractivity contribution is 5.79. The Kier molecular flexibility index (Phi) is 5.03. The monoisotopic (exact) mass is 357 g/mol. The Morgan fingerprint density at radius 2 is 1.48 bits per heavy atom. The Hall–Kier alpha value is -2.91. The number of carbonyl (C=O) groups excluding carboxylic acids is 1. The van der Waals surface area contributed by atoms with E-state index in [0.717, 1.165) is 5.56 Å². The third kappa shape index (κ3) is 3.79. The van der Waals surface area contributed by atoms with Crippen LogP contribution in [-0.2, 0) is 16.1 Å². The van der Waals surface area contributed by atoms with Crippen LogP contribution in [0.1, 0.15) is 28.2 Å². The molecule has 0 spiro atoms. The summed E-state index contributed by atoms with van der Waals surface area (Å²) >= 11 is 0. The second-order valence-electron chi connectivity index (χ2n) is 7.00. The lowest BCUT2D eigenvalue weighted by Crippen LogP contribution is -2.25. The molecule has 1 aliphatic rings. The lowest BCUT2D eigenvalue weighted by molar-refractivity contribution is -0.142. The minimum Gasteiger partial charge on any atom is -0.464 e. The van der Waals surface area contributed by atoms with Gasteiger partial charge in [0.1, 0.15) is 6.61 Å². The highest BCUT2D eigenvalue weighted by atomic mass is 16.5. The van der Waals surface area contributed by atoms with Crippen molar-refractivity contribution in [2.75, 3.05) is 13.2 Å². The summed E-state index contributed by atoms with van der Waals surface area (Å²) in [6, 6.07) is 25.0. The minimum atomic E-state index is -0.219. The van der Waals surface area contributed by atoms with Gasteiger partial charge in [-0.1, -0.05) is 78.4 Å². The van der Waals surface area contributed by atoms with Crippen LogP contribution in [-0.4, -0.2) is 19.1 Å². The lowest BCUT2D eigenvalue weighted by Gasteiger charge is -2.14. The Balaban J connectivity index is 1.34. The van der Waals surface area contributed by atoms with Crippen LogP contribution in [0.2, 0.25) is 0 Å². The number of rotatable bonds is 6. The van der Waals surface area contributed by atoms with Gasteiger partial charge in [0.25, 0.3) is 0 Å². The first kappa shape index (κ1) is 17.5. The molecule has 0 unspecified atom stereocenters. The van der Waals surface area contributed by atoms with E-state index in [1.165, 1.54) is 27.8 Å². The van der Waals surface area contributed by atoms with Crippen LogP contribution in [0.5, 0.6) is 0 Å². The molecule has 3 heteroatoms. The van der Waals surface area contributed by atoms with E-state index in [9.17, 15) is 4.79 Å². The van der Waals surface area contributed by atoms with Crippen LogP contribution in [0, 0.1) is 6.92 Å². The molecule has 0 fully saturated rings. The molecule has 0 heterocycles. The highest BCUT2D eigenvalue weighted by Gasteiger charge is 2.28. The number of carbonyl (C=O) groups is 1. The van der Waals surface area contributed by atoms with Crippen LogP contribution in [0.25, 0.3) is 11.1 Å². The summed E-state index contributed by atoms with van der Waals surface area (Å²) in [5.41, 5.74) is 7.35. The standard InChI is InChI=1S/C24H23NO2/c1-17-10-12-18(13-11-17)14-25-15-24(26)27-16-23-21-8-4-2-6-19(21)20-7-3-5-9-22(20)23/h2-13,23,25H,14-16H2,1H3. The van der Waals surface area contributed by atoms with Crippen molar-refractivity contribution < 1.29 is 9.53 Å². The van der Waals surface area contributed by atoms with Crippen molar-refractivity contribution in [2.24, 2.45) is 0 Å². The van der Waals surface area contributed by atoms with Crippen molar-refractivity contribution in [3.05, 3.63) is 95.1 Å². The summed E-state index contributed by atoms with van der Waals surface area (Å²) in [7, 11) is 0. The van der Waals surface area contributed by atoms with E-state index in [-0.39, 0.29) is 18.4 Å². The summed E-state index contributed by atoms with van der Waals surface area (Å²) in [4.78, 5) is 12.2. The van der Waals surface area contributed by atoms with Crippen LogP contribution in [0.4, 0.5) is 0 Å². The number of ether oxygens (including phenoxy) is 1. The molecule has 0 saturated carbocycles. The molecule has 3 aromatic carbocycles. The second kappa shape index (κ2) is 7.77. The van der Waals surface area contributed by atoms with Gasteiger partial charge < -0.3 is 10.1 Å². The highest BCUT2D eigenvalue weighted by Crippen LogP contribution is 2.44. The Bertz CT molecular complexity index is 901.